The van der Waals surface area contributed by atoms with Crippen molar-refractivity contribution in [2.24, 2.45) is 0 Å². The van der Waals surface area contributed by atoms with Gasteiger partial charge in [0.1, 0.15) is 22.3 Å². The monoisotopic (exact) mass is 509 g/mol. The molecule has 2 aliphatic rings. The lowest BCUT2D eigenvalue weighted by Crippen LogP contribution is -2.63. The summed E-state index contributed by atoms with van der Waals surface area (Å²) in [6.45, 7) is 4.67. The van der Waals surface area contributed by atoms with Crippen molar-refractivity contribution >= 4 is 46.2 Å². The fraction of sp³-hybridized carbons (Fsp3) is 0.579. The van der Waals surface area contributed by atoms with Crippen molar-refractivity contribution in [2.45, 2.75) is 49.9 Å². The van der Waals surface area contributed by atoms with Crippen LogP contribution in [0.3, 0.4) is 0 Å². The van der Waals surface area contributed by atoms with Gasteiger partial charge in [-0.05, 0) is 27.0 Å². The first-order valence-electron chi connectivity index (χ1n) is 9.89. The number of carbonyl (C=O) groups excluding carboxylic acids is 1. The van der Waals surface area contributed by atoms with Gasteiger partial charge in [0.15, 0.2) is 16.1 Å². The summed E-state index contributed by atoms with van der Waals surface area (Å²) >= 11 is 6.94. The van der Waals surface area contributed by atoms with E-state index in [1.165, 1.54) is 9.80 Å². The van der Waals surface area contributed by atoms with Crippen molar-refractivity contribution in [2.75, 3.05) is 30.8 Å². The largest absolute Gasteiger partial charge is 0.462 e. The molecule has 0 saturated carbocycles. The van der Waals surface area contributed by atoms with Crippen molar-refractivity contribution in [1.29, 1.82) is 0 Å². The number of nitrogens with zero attached hydrogens (tertiary/aromatic N) is 5. The minimum absolute atomic E-state index is 0.0243. The van der Waals surface area contributed by atoms with Crippen molar-refractivity contribution in [3.8, 4) is 5.88 Å². The number of amides is 1. The van der Waals surface area contributed by atoms with Crippen LogP contribution in [0.15, 0.2) is 5.16 Å². The molecular formula is C19H20ClF4N5O3S. The number of anilines is 1. The van der Waals surface area contributed by atoms with Gasteiger partial charge in [0.2, 0.25) is 12.0 Å². The number of ether oxygens (including phenoxy) is 2. The Hall–Kier alpha value is -2.28. The number of halogens is 5. The average Bonchev–Trinajstić information content (AvgIpc) is 2.85. The maximum absolute atomic E-state index is 14.8. The summed E-state index contributed by atoms with van der Waals surface area (Å²) in [5.41, 5.74) is -1.10. The van der Waals surface area contributed by atoms with Gasteiger partial charge in [-0.1, -0.05) is 23.4 Å². The number of piperazine rings is 1. The number of hydrogen-bond acceptors (Lipinski definition) is 8. The van der Waals surface area contributed by atoms with Gasteiger partial charge in [0.25, 0.3) is 0 Å². The Morgan fingerprint density at radius 3 is 2.52 bits per heavy atom. The van der Waals surface area contributed by atoms with E-state index in [9.17, 15) is 22.4 Å². The zero-order chi connectivity index (χ0) is 24.3. The number of fused-ring (bicyclic) bond motifs is 2. The van der Waals surface area contributed by atoms with Crippen LogP contribution in [0, 0.1) is 5.82 Å². The van der Waals surface area contributed by atoms with Crippen molar-refractivity contribution in [1.82, 2.24) is 19.9 Å². The predicted octanol–water partition coefficient (Wildman–Crippen LogP) is 4.29. The normalized spacial score (nSPS) is 20.9. The molecule has 14 heteroatoms. The number of rotatable bonds is 1. The highest BCUT2D eigenvalue weighted by Crippen LogP contribution is 2.43. The summed E-state index contributed by atoms with van der Waals surface area (Å²) in [7, 11) is 0. The van der Waals surface area contributed by atoms with Crippen LogP contribution in [0.2, 0.25) is 5.15 Å². The van der Waals surface area contributed by atoms with Crippen LogP contribution in [0.1, 0.15) is 20.8 Å². The third-order valence-electron chi connectivity index (χ3n) is 5.11. The van der Waals surface area contributed by atoms with Crippen LogP contribution in [0.5, 0.6) is 5.88 Å². The third kappa shape index (κ3) is 4.44. The molecule has 0 radical (unpaired) electrons. The molecule has 0 bridgehead atoms. The molecular weight excluding hydrogens is 490 g/mol. The van der Waals surface area contributed by atoms with Gasteiger partial charge in [-0.3, -0.25) is 0 Å². The van der Waals surface area contributed by atoms with E-state index in [1.807, 2.05) is 0 Å². The predicted molar refractivity (Wildman–Crippen MR) is 113 cm³/mol. The molecule has 2 aliphatic heterocycles. The first kappa shape index (κ1) is 23.9. The molecule has 1 amide bonds. The molecule has 2 aromatic rings. The minimum atomic E-state index is -4.84. The number of thioether (sulfide) groups is 1. The molecule has 33 heavy (non-hydrogen) atoms. The average molecular weight is 510 g/mol. The summed E-state index contributed by atoms with van der Waals surface area (Å²) < 4.78 is 67.9. The summed E-state index contributed by atoms with van der Waals surface area (Å²) in [4.78, 5) is 27.3. The number of aromatic nitrogens is 3. The third-order valence-corrected chi connectivity index (χ3v) is 5.91. The van der Waals surface area contributed by atoms with Gasteiger partial charge >= 0.3 is 12.3 Å². The minimum Gasteiger partial charge on any atom is -0.462 e. The number of carbonyl (C=O) groups is 1. The van der Waals surface area contributed by atoms with Crippen LogP contribution < -0.4 is 9.64 Å². The second kappa shape index (κ2) is 8.19. The summed E-state index contributed by atoms with van der Waals surface area (Å²) in [6, 6.07) is -1.39. The Morgan fingerprint density at radius 1 is 1.21 bits per heavy atom. The number of alkyl halides is 3. The zero-order valence-electron chi connectivity index (χ0n) is 18.0. The number of pyridine rings is 1. The smallest absolute Gasteiger partial charge is 0.427 e. The van der Waals surface area contributed by atoms with Crippen LogP contribution in [0.4, 0.5) is 28.2 Å². The zero-order valence-corrected chi connectivity index (χ0v) is 19.6. The molecule has 2 atom stereocenters. The molecule has 1 saturated heterocycles. The van der Waals surface area contributed by atoms with Gasteiger partial charge in [-0.2, -0.15) is 18.2 Å². The van der Waals surface area contributed by atoms with E-state index in [0.717, 1.165) is 11.8 Å². The van der Waals surface area contributed by atoms with Crippen LogP contribution in [0.25, 0.3) is 10.9 Å². The molecule has 0 N–H and O–H groups in total. The fourth-order valence-corrected chi connectivity index (χ4v) is 4.30. The van der Waals surface area contributed by atoms with Gasteiger partial charge < -0.3 is 19.3 Å². The van der Waals surface area contributed by atoms with E-state index in [2.05, 4.69) is 15.0 Å². The van der Waals surface area contributed by atoms with E-state index < -0.39 is 46.9 Å². The first-order valence-corrected chi connectivity index (χ1v) is 11.5. The molecule has 1 fully saturated rings. The molecule has 4 heterocycles. The van der Waals surface area contributed by atoms with Crippen LogP contribution in [-0.4, -0.2) is 75.8 Å². The highest BCUT2D eigenvalue weighted by molar-refractivity contribution is 7.98. The Morgan fingerprint density at radius 2 is 1.91 bits per heavy atom. The molecule has 2 aromatic heterocycles. The van der Waals surface area contributed by atoms with E-state index >= 15 is 0 Å². The Balaban J connectivity index is 1.86. The second-order valence-electron chi connectivity index (χ2n) is 8.55. The summed E-state index contributed by atoms with van der Waals surface area (Å²) in [5.74, 6) is -1.45. The van der Waals surface area contributed by atoms with Crippen LogP contribution in [-0.2, 0) is 4.74 Å². The first-order chi connectivity index (χ1) is 15.3. The molecule has 0 aromatic carbocycles. The van der Waals surface area contributed by atoms with Gasteiger partial charge in [0.05, 0.1) is 6.04 Å². The topological polar surface area (TPSA) is 80.7 Å². The lowest BCUT2D eigenvalue weighted by atomic mass is 10.1. The molecule has 180 valence electrons. The fourth-order valence-electron chi connectivity index (χ4n) is 3.77. The van der Waals surface area contributed by atoms with Crippen LogP contribution >= 0.6 is 23.4 Å². The lowest BCUT2D eigenvalue weighted by molar-refractivity contribution is -0.203. The Kier molecular flexibility index (Phi) is 5.92. The molecule has 1 unspecified atom stereocenters. The van der Waals surface area contributed by atoms with E-state index in [4.69, 9.17) is 21.1 Å². The van der Waals surface area contributed by atoms with Gasteiger partial charge in [-0.15, -0.1) is 0 Å². The summed E-state index contributed by atoms with van der Waals surface area (Å²) in [6.07, 6.45) is -6.33. The SMILES string of the molecule is CSc1nc2c3c(nc(Cl)c(F)c3n1)O[C@@H](C(F)(F)F)C1CN(C(=O)OC(C)(C)C)CCN21. The quantitative estimate of drug-likeness (QED) is 0.244. The van der Waals surface area contributed by atoms with E-state index in [0.29, 0.717) is 0 Å². The van der Waals surface area contributed by atoms with Crippen molar-refractivity contribution < 1.29 is 31.8 Å². The molecule has 0 spiro atoms. The Labute approximate surface area is 195 Å². The molecule has 8 nitrogen and oxygen atoms in total. The highest BCUT2D eigenvalue weighted by atomic mass is 35.5. The standard InChI is InChI=1S/C19H20ClF4N5O3S/c1-18(2,3)32-17(30)28-5-6-29-8(7-28)12(19(22,23)24)31-15-9-11(10(21)13(20)26-15)25-16(33-4)27-14(9)29/h8,12H,5-7H2,1-4H3/t8?,12-/m1/s1. The summed E-state index contributed by atoms with van der Waals surface area (Å²) in [5, 5.41) is -0.619. The molecule has 0 aliphatic carbocycles. The lowest BCUT2D eigenvalue weighted by Gasteiger charge is -2.43. The van der Waals surface area contributed by atoms with Crippen molar-refractivity contribution in [3.05, 3.63) is 11.0 Å². The van der Waals surface area contributed by atoms with E-state index in [-0.39, 0.29) is 41.5 Å². The Bertz CT molecular complexity index is 1110. The van der Waals surface area contributed by atoms with E-state index in [1.54, 1.807) is 27.0 Å². The molecule has 4 rings (SSSR count). The second-order valence-corrected chi connectivity index (χ2v) is 9.68. The van der Waals surface area contributed by atoms with Gasteiger partial charge in [0, 0.05) is 19.6 Å². The van der Waals surface area contributed by atoms with Gasteiger partial charge in [-0.25, -0.2) is 19.2 Å². The highest BCUT2D eigenvalue weighted by Gasteiger charge is 2.54. The van der Waals surface area contributed by atoms with Crippen molar-refractivity contribution in [3.63, 3.8) is 0 Å². The maximum atomic E-state index is 14.8. The maximum Gasteiger partial charge on any atom is 0.427 e. The number of hydrogen-bond donors (Lipinski definition) is 0.